The number of benzene rings is 1. The average molecular weight is 294 g/mol. The smallest absolute Gasteiger partial charge is 0.307 e. The van der Waals surface area contributed by atoms with E-state index in [1.807, 2.05) is 0 Å². The molecule has 1 aromatic carbocycles. The first-order chi connectivity index (χ1) is 7.08. The van der Waals surface area contributed by atoms with Crippen LogP contribution in [0, 0.1) is 0 Å². The summed E-state index contributed by atoms with van der Waals surface area (Å²) in [6.07, 6.45) is -0.0371. The topological polar surface area (TPSA) is 46.5 Å². The number of methoxy groups -OCH3 is 1. The van der Waals surface area contributed by atoms with Gasteiger partial charge in [0.25, 0.3) is 0 Å². The average Bonchev–Trinajstić information content (AvgIpc) is 2.17. The van der Waals surface area contributed by atoms with Gasteiger partial charge in [-0.1, -0.05) is 27.5 Å². The fourth-order valence-corrected chi connectivity index (χ4v) is 2.03. The molecule has 0 unspecified atom stereocenters. The van der Waals surface area contributed by atoms with E-state index in [-0.39, 0.29) is 6.42 Å². The molecule has 0 saturated carbocycles. The predicted octanol–water partition coefficient (Wildman–Crippen LogP) is 2.87. The number of aliphatic carboxylic acids is 1. The highest BCUT2D eigenvalue weighted by atomic mass is 79.9. The summed E-state index contributed by atoms with van der Waals surface area (Å²) in [6.45, 7) is 0. The molecule has 0 bridgehead atoms. The van der Waals surface area contributed by atoms with Crippen LogP contribution >= 0.6 is 27.5 Å². The van der Waals surface area contributed by atoms with Gasteiger partial charge < -0.3 is 9.84 Å². The molecule has 0 spiro atoms. The van der Waals surface area contributed by atoms with Gasteiger partial charge in [-0.2, -0.15) is 0 Å². The van der Waals surface area contributed by atoms with E-state index in [0.29, 0.717) is 21.7 Å². The van der Waals surface area contributed by atoms with Crippen molar-refractivity contribution in [2.24, 2.45) is 0 Å². The molecule has 0 aliphatic rings. The zero-order valence-corrected chi connectivity index (χ0v) is 10.4. The van der Waals surface area contributed by atoms with E-state index >= 15 is 0 Å². The van der Waals surface area contributed by atoms with E-state index in [0.717, 1.165) is 5.56 Å². The van der Waals surface area contributed by atoms with Crippen LogP contribution in [-0.2, 0) is 16.5 Å². The molecule has 0 fully saturated rings. The Labute approximate surface area is 101 Å². The second kappa shape index (κ2) is 5.37. The van der Waals surface area contributed by atoms with Crippen LogP contribution in [0.4, 0.5) is 0 Å². The van der Waals surface area contributed by atoms with Crippen LogP contribution < -0.4 is 4.74 Å². The Kier molecular flexibility index (Phi) is 4.42. The van der Waals surface area contributed by atoms with Gasteiger partial charge in [0.2, 0.25) is 0 Å². The van der Waals surface area contributed by atoms with Gasteiger partial charge in [0, 0.05) is 5.33 Å². The van der Waals surface area contributed by atoms with Crippen LogP contribution in [0.15, 0.2) is 12.1 Å². The van der Waals surface area contributed by atoms with Gasteiger partial charge in [-0.25, -0.2) is 0 Å². The Hall–Kier alpha value is -0.740. The summed E-state index contributed by atoms with van der Waals surface area (Å²) in [5.74, 6) is -0.321. The lowest BCUT2D eigenvalue weighted by Crippen LogP contribution is -2.03. The van der Waals surface area contributed by atoms with Gasteiger partial charge in [-0.15, -0.1) is 0 Å². The van der Waals surface area contributed by atoms with Crippen molar-refractivity contribution in [3.05, 3.63) is 28.3 Å². The number of carboxylic acid groups (broad SMARTS) is 1. The molecule has 3 nitrogen and oxygen atoms in total. The molecule has 1 rings (SSSR count). The van der Waals surface area contributed by atoms with Crippen molar-refractivity contribution < 1.29 is 14.6 Å². The molecule has 0 atom stereocenters. The third kappa shape index (κ3) is 3.11. The van der Waals surface area contributed by atoms with Crippen molar-refractivity contribution in [1.29, 1.82) is 0 Å². The van der Waals surface area contributed by atoms with Crippen LogP contribution in [0.5, 0.6) is 5.75 Å². The van der Waals surface area contributed by atoms with E-state index in [1.165, 1.54) is 7.11 Å². The van der Waals surface area contributed by atoms with Crippen molar-refractivity contribution >= 4 is 33.5 Å². The van der Waals surface area contributed by atoms with E-state index in [1.54, 1.807) is 12.1 Å². The Balaban J connectivity index is 3.15. The molecule has 0 heterocycles. The fraction of sp³-hybridized carbons (Fsp3) is 0.300. The summed E-state index contributed by atoms with van der Waals surface area (Å²) < 4.78 is 5.05. The number of rotatable bonds is 4. The monoisotopic (exact) mass is 292 g/mol. The first kappa shape index (κ1) is 12.3. The van der Waals surface area contributed by atoms with Gasteiger partial charge in [0.15, 0.2) is 0 Å². The second-order valence-electron chi connectivity index (χ2n) is 2.96. The summed E-state index contributed by atoms with van der Waals surface area (Å²) in [7, 11) is 1.52. The van der Waals surface area contributed by atoms with Crippen LogP contribution in [-0.4, -0.2) is 18.2 Å². The minimum atomic E-state index is -0.876. The SMILES string of the molecule is COc1cc(CBr)c(CC(=O)O)cc1Cl. The molecule has 0 aliphatic carbocycles. The number of hydrogen-bond acceptors (Lipinski definition) is 2. The van der Waals surface area contributed by atoms with E-state index in [2.05, 4.69) is 15.9 Å². The highest BCUT2D eigenvalue weighted by Crippen LogP contribution is 2.29. The Bertz CT molecular complexity index is 379. The molecule has 0 aromatic heterocycles. The minimum absolute atomic E-state index is 0.0371. The molecule has 15 heavy (non-hydrogen) atoms. The quantitative estimate of drug-likeness (QED) is 0.868. The normalized spacial score (nSPS) is 10.1. The molecule has 5 heteroatoms. The predicted molar refractivity (Wildman–Crippen MR) is 62.0 cm³/mol. The van der Waals surface area contributed by atoms with Gasteiger partial charge in [0.1, 0.15) is 5.75 Å². The molecule has 0 radical (unpaired) electrons. The number of halogens is 2. The van der Waals surface area contributed by atoms with Crippen molar-refractivity contribution in [3.8, 4) is 5.75 Å². The zero-order valence-electron chi connectivity index (χ0n) is 8.09. The van der Waals surface area contributed by atoms with Crippen LogP contribution in [0.25, 0.3) is 0 Å². The summed E-state index contributed by atoms with van der Waals surface area (Å²) in [6, 6.07) is 3.38. The molecular weight excluding hydrogens is 283 g/mol. The van der Waals surface area contributed by atoms with Crippen LogP contribution in [0.3, 0.4) is 0 Å². The molecule has 1 N–H and O–H groups in total. The van der Waals surface area contributed by atoms with E-state index in [4.69, 9.17) is 21.4 Å². The molecular formula is C10H10BrClO3. The summed E-state index contributed by atoms with van der Waals surface area (Å²) in [4.78, 5) is 10.6. The standard InChI is InChI=1S/C10H10BrClO3/c1-15-9-3-7(5-11)6(2-8(9)12)4-10(13)14/h2-3H,4-5H2,1H3,(H,13,14). The Morgan fingerprint density at radius 2 is 2.20 bits per heavy atom. The summed E-state index contributed by atoms with van der Waals surface area (Å²) in [5.41, 5.74) is 1.57. The number of ether oxygens (including phenoxy) is 1. The molecule has 1 aromatic rings. The van der Waals surface area contributed by atoms with Crippen molar-refractivity contribution in [1.82, 2.24) is 0 Å². The van der Waals surface area contributed by atoms with Crippen molar-refractivity contribution in [2.45, 2.75) is 11.8 Å². The van der Waals surface area contributed by atoms with E-state index in [9.17, 15) is 4.79 Å². The zero-order chi connectivity index (χ0) is 11.4. The molecule has 0 aliphatic heterocycles. The number of carbonyl (C=O) groups is 1. The molecule has 0 amide bonds. The lowest BCUT2D eigenvalue weighted by molar-refractivity contribution is -0.136. The number of alkyl halides is 1. The van der Waals surface area contributed by atoms with Crippen molar-refractivity contribution in [3.63, 3.8) is 0 Å². The number of carboxylic acids is 1. The molecule has 0 saturated heterocycles. The summed E-state index contributed by atoms with van der Waals surface area (Å²) >= 11 is 9.20. The van der Waals surface area contributed by atoms with Crippen LogP contribution in [0.1, 0.15) is 11.1 Å². The Morgan fingerprint density at radius 3 is 2.67 bits per heavy atom. The fourth-order valence-electron chi connectivity index (χ4n) is 1.24. The maximum atomic E-state index is 10.6. The Morgan fingerprint density at radius 1 is 1.53 bits per heavy atom. The lowest BCUT2D eigenvalue weighted by Gasteiger charge is -2.09. The highest BCUT2D eigenvalue weighted by molar-refractivity contribution is 9.08. The van der Waals surface area contributed by atoms with Crippen LogP contribution in [0.2, 0.25) is 5.02 Å². The number of hydrogen-bond donors (Lipinski definition) is 1. The minimum Gasteiger partial charge on any atom is -0.495 e. The molecule has 82 valence electrons. The first-order valence-corrected chi connectivity index (χ1v) is 5.71. The van der Waals surface area contributed by atoms with Gasteiger partial charge in [0.05, 0.1) is 18.6 Å². The van der Waals surface area contributed by atoms with Gasteiger partial charge in [-0.3, -0.25) is 4.79 Å². The van der Waals surface area contributed by atoms with Crippen molar-refractivity contribution in [2.75, 3.05) is 7.11 Å². The summed E-state index contributed by atoms with van der Waals surface area (Å²) in [5, 5.41) is 9.72. The van der Waals surface area contributed by atoms with Gasteiger partial charge >= 0.3 is 5.97 Å². The maximum absolute atomic E-state index is 10.6. The van der Waals surface area contributed by atoms with E-state index < -0.39 is 5.97 Å². The largest absolute Gasteiger partial charge is 0.495 e. The van der Waals surface area contributed by atoms with Gasteiger partial charge in [-0.05, 0) is 23.3 Å². The highest BCUT2D eigenvalue weighted by Gasteiger charge is 2.10. The lowest BCUT2D eigenvalue weighted by atomic mass is 10.1. The third-order valence-electron chi connectivity index (χ3n) is 1.96. The maximum Gasteiger partial charge on any atom is 0.307 e. The first-order valence-electron chi connectivity index (χ1n) is 4.21. The third-order valence-corrected chi connectivity index (χ3v) is 2.86. The second-order valence-corrected chi connectivity index (χ2v) is 3.93.